The number of hydrogen-bond donors (Lipinski definition) is 4. The van der Waals surface area contributed by atoms with Gasteiger partial charge in [-0.1, -0.05) is 18.2 Å². The van der Waals surface area contributed by atoms with Gasteiger partial charge in [0.25, 0.3) is 5.56 Å². The van der Waals surface area contributed by atoms with Gasteiger partial charge in [-0.15, -0.1) is 0 Å². The lowest BCUT2D eigenvalue weighted by atomic mass is 10.0. The number of aromatic amines is 1. The highest BCUT2D eigenvalue weighted by Crippen LogP contribution is 2.33. The third kappa shape index (κ3) is 5.20. The van der Waals surface area contributed by atoms with Crippen LogP contribution in [0.5, 0.6) is 5.75 Å². The molecule has 0 aliphatic carbocycles. The van der Waals surface area contributed by atoms with Gasteiger partial charge in [-0.05, 0) is 55.9 Å². The number of aromatic nitrogens is 2. The van der Waals surface area contributed by atoms with Gasteiger partial charge in [-0.2, -0.15) is 0 Å². The Hall–Kier alpha value is -3.85. The van der Waals surface area contributed by atoms with E-state index in [0.717, 1.165) is 24.1 Å². The molecule has 0 atom stereocenters. The molecule has 162 valence electrons. The first-order valence-corrected chi connectivity index (χ1v) is 9.67. The number of nitrogens with one attached hydrogen (secondary N) is 1. The van der Waals surface area contributed by atoms with Crippen LogP contribution in [-0.2, 0) is 0 Å². The van der Waals surface area contributed by atoms with Crippen molar-refractivity contribution >= 4 is 17.5 Å². The van der Waals surface area contributed by atoms with Crippen LogP contribution in [0.2, 0.25) is 0 Å². The Labute approximate surface area is 179 Å². The van der Waals surface area contributed by atoms with E-state index in [-0.39, 0.29) is 22.9 Å². The van der Waals surface area contributed by atoms with Crippen LogP contribution in [0.1, 0.15) is 16.8 Å². The maximum absolute atomic E-state index is 12.1. The van der Waals surface area contributed by atoms with E-state index >= 15 is 0 Å². The molecule has 0 spiro atoms. The zero-order chi connectivity index (χ0) is 22.5. The molecule has 9 heteroatoms. The third-order valence-corrected chi connectivity index (χ3v) is 4.69. The van der Waals surface area contributed by atoms with Gasteiger partial charge in [0.2, 0.25) is 0 Å². The number of nitrogens with two attached hydrogens (primary N) is 2. The second-order valence-corrected chi connectivity index (χ2v) is 7.31. The Balaban J connectivity index is 2.00. The fraction of sp³-hybridized carbons (Fsp3) is 0.227. The lowest BCUT2D eigenvalue weighted by Gasteiger charge is -2.15. The molecule has 0 bridgehead atoms. The smallest absolute Gasteiger partial charge is 0.335 e. The van der Waals surface area contributed by atoms with E-state index in [1.54, 1.807) is 30.3 Å². The van der Waals surface area contributed by atoms with Crippen molar-refractivity contribution in [2.24, 2.45) is 0 Å². The van der Waals surface area contributed by atoms with Crippen molar-refractivity contribution in [1.82, 2.24) is 14.9 Å². The average molecular weight is 423 g/mol. The maximum Gasteiger partial charge on any atom is 0.335 e. The first-order valence-electron chi connectivity index (χ1n) is 9.67. The van der Waals surface area contributed by atoms with Crippen LogP contribution < -0.4 is 21.8 Å². The van der Waals surface area contributed by atoms with Crippen LogP contribution in [0.15, 0.2) is 47.3 Å². The SMILES string of the molecule is CN(C)CCCOc1cc(-c2ccc(C(=O)O)cc2)ccc1-c1nc(N)c(N)c(=O)[nH]1. The minimum absolute atomic E-state index is 0.0503. The van der Waals surface area contributed by atoms with Crippen molar-refractivity contribution in [2.75, 3.05) is 38.7 Å². The Morgan fingerprint density at radius 2 is 1.81 bits per heavy atom. The molecular weight excluding hydrogens is 398 g/mol. The molecular formula is C22H25N5O4. The van der Waals surface area contributed by atoms with Gasteiger partial charge < -0.3 is 31.2 Å². The van der Waals surface area contributed by atoms with Gasteiger partial charge in [0.1, 0.15) is 17.3 Å². The molecule has 1 heterocycles. The number of nitrogen functional groups attached to an aromatic ring is 2. The number of carboxylic acid groups (broad SMARTS) is 1. The lowest BCUT2D eigenvalue weighted by Crippen LogP contribution is -2.17. The van der Waals surface area contributed by atoms with Gasteiger partial charge in [0.05, 0.1) is 17.7 Å². The molecule has 31 heavy (non-hydrogen) atoms. The summed E-state index contributed by atoms with van der Waals surface area (Å²) in [4.78, 5) is 32.1. The van der Waals surface area contributed by atoms with E-state index < -0.39 is 11.5 Å². The summed E-state index contributed by atoms with van der Waals surface area (Å²) in [6, 6.07) is 12.0. The maximum atomic E-state index is 12.1. The number of H-pyrrole nitrogens is 1. The predicted octanol–water partition coefficient (Wildman–Crippen LogP) is 2.30. The summed E-state index contributed by atoms with van der Waals surface area (Å²) in [5.41, 5.74) is 13.2. The Kier molecular flexibility index (Phi) is 6.56. The highest BCUT2D eigenvalue weighted by atomic mass is 16.5. The molecule has 0 saturated heterocycles. The van der Waals surface area contributed by atoms with Crippen LogP contribution in [0.3, 0.4) is 0 Å². The fourth-order valence-electron chi connectivity index (χ4n) is 3.01. The van der Waals surface area contributed by atoms with Crippen molar-refractivity contribution in [3.8, 4) is 28.3 Å². The molecule has 6 N–H and O–H groups in total. The van der Waals surface area contributed by atoms with Crippen molar-refractivity contribution in [2.45, 2.75) is 6.42 Å². The quantitative estimate of drug-likeness (QED) is 0.403. The van der Waals surface area contributed by atoms with Gasteiger partial charge in [0.15, 0.2) is 5.82 Å². The Bertz CT molecular complexity index is 1140. The summed E-state index contributed by atoms with van der Waals surface area (Å²) in [5, 5.41) is 9.10. The number of hydrogen-bond acceptors (Lipinski definition) is 7. The van der Waals surface area contributed by atoms with E-state index in [9.17, 15) is 9.59 Å². The molecule has 2 aromatic carbocycles. The largest absolute Gasteiger partial charge is 0.493 e. The predicted molar refractivity (Wildman–Crippen MR) is 120 cm³/mol. The molecule has 1 aromatic heterocycles. The minimum Gasteiger partial charge on any atom is -0.493 e. The number of rotatable bonds is 8. The van der Waals surface area contributed by atoms with Crippen molar-refractivity contribution in [1.29, 1.82) is 0 Å². The van der Waals surface area contributed by atoms with Crippen molar-refractivity contribution in [3.05, 3.63) is 58.4 Å². The van der Waals surface area contributed by atoms with E-state index in [2.05, 4.69) is 14.9 Å². The minimum atomic E-state index is -0.984. The monoisotopic (exact) mass is 423 g/mol. The summed E-state index contributed by atoms with van der Waals surface area (Å²) in [6.45, 7) is 1.32. The second-order valence-electron chi connectivity index (χ2n) is 7.31. The number of aromatic carboxylic acids is 1. The van der Waals surface area contributed by atoms with Crippen LogP contribution >= 0.6 is 0 Å². The molecule has 0 unspecified atom stereocenters. The third-order valence-electron chi connectivity index (χ3n) is 4.69. The summed E-state index contributed by atoms with van der Waals surface area (Å²) in [5.74, 6) is -0.258. The molecule has 0 aliphatic heterocycles. The van der Waals surface area contributed by atoms with E-state index in [4.69, 9.17) is 21.3 Å². The molecule has 3 rings (SSSR count). The van der Waals surface area contributed by atoms with Crippen LogP contribution in [-0.4, -0.2) is 53.2 Å². The molecule has 0 saturated carbocycles. The standard InChI is InChI=1S/C22H25N5O4/c1-27(2)10-3-11-31-17-12-15(13-4-6-14(7-5-13)22(29)30)8-9-16(17)20-25-19(24)18(23)21(28)26-20/h4-9,12H,3,10-11,23H2,1-2H3,(H,29,30)(H3,24,25,26,28). The zero-order valence-electron chi connectivity index (χ0n) is 17.4. The molecule has 0 fully saturated rings. The Morgan fingerprint density at radius 1 is 1.13 bits per heavy atom. The molecule has 0 amide bonds. The number of carbonyl (C=O) groups is 1. The van der Waals surface area contributed by atoms with E-state index in [0.29, 0.717) is 17.9 Å². The van der Waals surface area contributed by atoms with Gasteiger partial charge in [0, 0.05) is 6.54 Å². The molecule has 0 radical (unpaired) electrons. The van der Waals surface area contributed by atoms with Crippen molar-refractivity contribution in [3.63, 3.8) is 0 Å². The molecule has 0 aliphatic rings. The van der Waals surface area contributed by atoms with E-state index in [1.165, 1.54) is 0 Å². The zero-order valence-corrected chi connectivity index (χ0v) is 17.4. The van der Waals surface area contributed by atoms with Crippen LogP contribution in [0.4, 0.5) is 11.5 Å². The second kappa shape index (κ2) is 9.31. The van der Waals surface area contributed by atoms with Crippen LogP contribution in [0, 0.1) is 0 Å². The first-order chi connectivity index (χ1) is 14.8. The van der Waals surface area contributed by atoms with Crippen molar-refractivity contribution < 1.29 is 14.6 Å². The topological polar surface area (TPSA) is 148 Å². The lowest BCUT2D eigenvalue weighted by molar-refractivity contribution is 0.0697. The molecule has 3 aromatic rings. The first kappa shape index (κ1) is 21.8. The number of nitrogens with zero attached hydrogens (tertiary/aromatic N) is 2. The van der Waals surface area contributed by atoms with Crippen LogP contribution in [0.25, 0.3) is 22.5 Å². The Morgan fingerprint density at radius 3 is 2.42 bits per heavy atom. The van der Waals surface area contributed by atoms with Gasteiger partial charge in [-0.25, -0.2) is 9.78 Å². The number of benzene rings is 2. The summed E-state index contributed by atoms with van der Waals surface area (Å²) >= 11 is 0. The number of carboxylic acids is 1. The highest BCUT2D eigenvalue weighted by molar-refractivity contribution is 5.88. The summed E-state index contributed by atoms with van der Waals surface area (Å²) in [6.07, 6.45) is 0.803. The van der Waals surface area contributed by atoms with Gasteiger partial charge >= 0.3 is 5.97 Å². The molecule has 9 nitrogen and oxygen atoms in total. The highest BCUT2D eigenvalue weighted by Gasteiger charge is 2.14. The normalized spacial score (nSPS) is 10.9. The average Bonchev–Trinajstić information content (AvgIpc) is 2.74. The fourth-order valence-corrected chi connectivity index (χ4v) is 3.01. The number of ether oxygens (including phenoxy) is 1. The summed E-state index contributed by atoms with van der Waals surface area (Å²) < 4.78 is 6.02. The number of anilines is 2. The van der Waals surface area contributed by atoms with E-state index in [1.807, 2.05) is 26.2 Å². The van der Waals surface area contributed by atoms with Gasteiger partial charge in [-0.3, -0.25) is 4.79 Å². The summed E-state index contributed by atoms with van der Waals surface area (Å²) in [7, 11) is 3.97.